The molecule has 5 heteroatoms. The topological polar surface area (TPSA) is 32.3 Å². The fourth-order valence-corrected chi connectivity index (χ4v) is 1.44. The number of halogens is 3. The van der Waals surface area contributed by atoms with Gasteiger partial charge in [0.25, 0.3) is 0 Å². The van der Waals surface area contributed by atoms with Gasteiger partial charge in [0, 0.05) is 12.1 Å². The molecule has 0 aliphatic carbocycles. The fraction of sp³-hybridized carbons (Fsp3) is 1.00. The van der Waals surface area contributed by atoms with Crippen molar-refractivity contribution in [1.29, 1.82) is 0 Å². The number of alkyl halides is 3. The lowest BCUT2D eigenvalue weighted by Crippen LogP contribution is -2.46. The molecule has 72 valence electrons. The van der Waals surface area contributed by atoms with E-state index in [9.17, 15) is 13.2 Å². The Morgan fingerprint density at radius 1 is 1.42 bits per heavy atom. The maximum Gasteiger partial charge on any atom is 0.415 e. The van der Waals surface area contributed by atoms with Crippen molar-refractivity contribution in [2.24, 2.45) is 0 Å². The van der Waals surface area contributed by atoms with E-state index in [1.165, 1.54) is 0 Å². The van der Waals surface area contributed by atoms with Crippen molar-refractivity contribution in [3.63, 3.8) is 0 Å². The highest BCUT2D eigenvalue weighted by Gasteiger charge is 2.45. The van der Waals surface area contributed by atoms with Crippen LogP contribution in [0.1, 0.15) is 19.8 Å². The van der Waals surface area contributed by atoms with Crippen LogP contribution < -0.4 is 5.32 Å². The van der Waals surface area contributed by atoms with Crippen LogP contribution in [0.3, 0.4) is 0 Å². The van der Waals surface area contributed by atoms with Gasteiger partial charge in [-0.2, -0.15) is 13.2 Å². The molecule has 12 heavy (non-hydrogen) atoms. The molecular weight excluding hydrogens is 171 g/mol. The summed E-state index contributed by atoms with van der Waals surface area (Å²) in [6, 6.07) is -0.744. The number of hydrogen-bond donors (Lipinski definition) is 2. The van der Waals surface area contributed by atoms with Crippen molar-refractivity contribution < 1.29 is 18.3 Å². The van der Waals surface area contributed by atoms with Crippen LogP contribution in [0, 0.1) is 0 Å². The second-order valence-electron chi connectivity index (χ2n) is 3.24. The Morgan fingerprint density at radius 2 is 2.00 bits per heavy atom. The van der Waals surface area contributed by atoms with Gasteiger partial charge >= 0.3 is 6.18 Å². The molecule has 1 heterocycles. The summed E-state index contributed by atoms with van der Waals surface area (Å²) in [7, 11) is 0. The summed E-state index contributed by atoms with van der Waals surface area (Å²) in [4.78, 5) is 0. The van der Waals surface area contributed by atoms with Crippen molar-refractivity contribution >= 4 is 0 Å². The first kappa shape index (κ1) is 9.80. The molecule has 2 N–H and O–H groups in total. The number of aliphatic hydroxyl groups excluding tert-OH is 1. The van der Waals surface area contributed by atoms with Gasteiger partial charge in [-0.1, -0.05) is 0 Å². The van der Waals surface area contributed by atoms with Gasteiger partial charge in [-0.05, 0) is 19.8 Å². The highest BCUT2D eigenvalue weighted by atomic mass is 19.4. The number of rotatable bonds is 1. The molecule has 0 aromatic carbocycles. The van der Waals surface area contributed by atoms with Gasteiger partial charge in [0.2, 0.25) is 0 Å². The van der Waals surface area contributed by atoms with Gasteiger partial charge < -0.3 is 10.4 Å². The van der Waals surface area contributed by atoms with Crippen LogP contribution in [-0.4, -0.2) is 29.5 Å². The van der Waals surface area contributed by atoms with Gasteiger partial charge in [-0.25, -0.2) is 0 Å². The summed E-state index contributed by atoms with van der Waals surface area (Å²) in [5.74, 6) is 0. The number of aliphatic hydroxyl groups is 1. The molecule has 0 aromatic heterocycles. The molecule has 0 radical (unpaired) electrons. The molecule has 2 unspecified atom stereocenters. The van der Waals surface area contributed by atoms with E-state index in [0.29, 0.717) is 12.8 Å². The minimum Gasteiger partial charge on any atom is -0.382 e. The molecule has 3 atom stereocenters. The van der Waals surface area contributed by atoms with Crippen molar-refractivity contribution in [3.8, 4) is 0 Å². The van der Waals surface area contributed by atoms with E-state index in [0.717, 1.165) is 0 Å². The summed E-state index contributed by atoms with van der Waals surface area (Å²) in [6.45, 7) is 1.81. The molecule has 1 aliphatic heterocycles. The van der Waals surface area contributed by atoms with E-state index in [2.05, 4.69) is 5.32 Å². The molecule has 0 aromatic rings. The average molecular weight is 183 g/mol. The molecule has 2 nitrogen and oxygen atoms in total. The van der Waals surface area contributed by atoms with Gasteiger partial charge in [0.1, 0.15) is 0 Å². The van der Waals surface area contributed by atoms with Gasteiger partial charge in [0.05, 0.1) is 0 Å². The molecule has 0 spiro atoms. The smallest absolute Gasteiger partial charge is 0.382 e. The maximum absolute atomic E-state index is 11.9. The van der Waals surface area contributed by atoms with Crippen molar-refractivity contribution in [3.05, 3.63) is 0 Å². The van der Waals surface area contributed by atoms with Crippen molar-refractivity contribution in [2.75, 3.05) is 0 Å². The second-order valence-corrected chi connectivity index (χ2v) is 3.24. The largest absolute Gasteiger partial charge is 0.415 e. The van der Waals surface area contributed by atoms with Crippen molar-refractivity contribution in [1.82, 2.24) is 5.32 Å². The van der Waals surface area contributed by atoms with E-state index >= 15 is 0 Å². The maximum atomic E-state index is 11.9. The van der Waals surface area contributed by atoms with Crippen LogP contribution in [-0.2, 0) is 0 Å². The Balaban J connectivity index is 2.48. The third kappa shape index (κ3) is 2.10. The molecular formula is C7H12F3NO. The third-order valence-corrected chi connectivity index (χ3v) is 2.13. The minimum atomic E-state index is -4.50. The normalized spacial score (nSPS) is 33.8. The summed E-state index contributed by atoms with van der Waals surface area (Å²) in [5.41, 5.74) is 0. The van der Waals surface area contributed by atoms with Crippen LogP contribution in [0.25, 0.3) is 0 Å². The lowest BCUT2D eigenvalue weighted by Gasteiger charge is -2.21. The summed E-state index contributed by atoms with van der Waals surface area (Å²) >= 11 is 0. The van der Waals surface area contributed by atoms with Crippen molar-refractivity contribution in [2.45, 2.75) is 44.1 Å². The summed E-state index contributed by atoms with van der Waals surface area (Å²) in [5, 5.41) is 11.5. The predicted octanol–water partition coefficient (Wildman–Crippen LogP) is 1.05. The monoisotopic (exact) mass is 183 g/mol. The lowest BCUT2D eigenvalue weighted by atomic mass is 10.1. The van der Waals surface area contributed by atoms with E-state index in [4.69, 9.17) is 5.11 Å². The average Bonchev–Trinajstić information content (AvgIpc) is 2.32. The quantitative estimate of drug-likeness (QED) is 0.636. The zero-order chi connectivity index (χ0) is 9.35. The molecule has 0 bridgehead atoms. The minimum absolute atomic E-state index is 0.0759. The lowest BCUT2D eigenvalue weighted by molar-refractivity contribution is -0.211. The first-order chi connectivity index (χ1) is 5.41. The standard InChI is InChI=1S/C7H12F3NO/c1-4-2-3-5(11-4)6(12)7(8,9)10/h4-6,11-12H,2-3H2,1H3/t4?,5-,6?/m1/s1. The highest BCUT2D eigenvalue weighted by molar-refractivity contribution is 4.88. The summed E-state index contributed by atoms with van der Waals surface area (Å²) < 4.78 is 35.8. The van der Waals surface area contributed by atoms with Crippen LogP contribution in [0.15, 0.2) is 0 Å². The van der Waals surface area contributed by atoms with Crippen LogP contribution in [0.5, 0.6) is 0 Å². The Kier molecular flexibility index (Phi) is 2.63. The van der Waals surface area contributed by atoms with Crippen LogP contribution in [0.2, 0.25) is 0 Å². The summed E-state index contributed by atoms with van der Waals surface area (Å²) in [6.07, 6.45) is -5.64. The Morgan fingerprint density at radius 3 is 2.33 bits per heavy atom. The molecule has 1 fully saturated rings. The molecule has 0 saturated carbocycles. The van der Waals surface area contributed by atoms with Gasteiger partial charge in [-0.15, -0.1) is 0 Å². The van der Waals surface area contributed by atoms with Crippen LogP contribution in [0.4, 0.5) is 13.2 Å². The first-order valence-corrected chi connectivity index (χ1v) is 3.92. The molecule has 1 aliphatic rings. The first-order valence-electron chi connectivity index (χ1n) is 3.92. The van der Waals surface area contributed by atoms with E-state index in [-0.39, 0.29) is 6.04 Å². The van der Waals surface area contributed by atoms with Crippen LogP contribution >= 0.6 is 0 Å². The number of hydrogen-bond acceptors (Lipinski definition) is 2. The molecule has 1 rings (SSSR count). The van der Waals surface area contributed by atoms with E-state index < -0.39 is 18.3 Å². The zero-order valence-corrected chi connectivity index (χ0v) is 6.73. The third-order valence-electron chi connectivity index (χ3n) is 2.13. The highest BCUT2D eigenvalue weighted by Crippen LogP contribution is 2.27. The zero-order valence-electron chi connectivity index (χ0n) is 6.73. The Hall–Kier alpha value is -0.290. The molecule has 0 amide bonds. The fourth-order valence-electron chi connectivity index (χ4n) is 1.44. The van der Waals surface area contributed by atoms with Gasteiger partial charge in [0.15, 0.2) is 6.10 Å². The Bertz CT molecular complexity index is 159. The second kappa shape index (κ2) is 3.22. The Labute approximate surface area is 68.8 Å². The predicted molar refractivity (Wildman–Crippen MR) is 37.7 cm³/mol. The molecule has 1 saturated heterocycles. The van der Waals surface area contributed by atoms with E-state index in [1.54, 1.807) is 0 Å². The van der Waals surface area contributed by atoms with Gasteiger partial charge in [-0.3, -0.25) is 0 Å². The van der Waals surface area contributed by atoms with E-state index in [1.807, 2.05) is 6.92 Å². The number of nitrogens with one attached hydrogen (secondary N) is 1. The SMILES string of the molecule is CC1CC[C@H](C(O)C(F)(F)F)N1.